The number of hydrogen-bond acceptors (Lipinski definition) is 8. The van der Waals surface area contributed by atoms with Crippen molar-refractivity contribution in [3.8, 4) is 136 Å². The molecule has 0 saturated heterocycles. The van der Waals surface area contributed by atoms with Crippen LogP contribution >= 0.6 is 0 Å². The SMILES string of the molecule is c1ccc(-c2cc(-n3c4ccccc4c4ccc(-c5ccc6c(c5)c5ncccc5n6-c5ccccc5)cc43)nc(-c3ccccc3)n2)cc1.c1ccc(-c2ccc(-n3c4ccc(-c5ccc6c7ccccc7n(-c7cccc(-c8ccccc8)c7)c6c5)cc4c4ncccc43)cc2)cc1.c1ccc(-c2nc(-c3ccccc3)nc(-n3c4ccccc4c4ccc(-c5ccc6c(c5)c5cnccc5n6-c5ccccc5)cc43)n2)cc1. The molecule has 0 amide bonds. The van der Waals surface area contributed by atoms with Gasteiger partial charge in [-0.1, -0.05) is 352 Å². The Bertz CT molecular complexity index is 9930. The van der Waals surface area contributed by atoms with E-state index in [1.54, 1.807) is 0 Å². The van der Waals surface area contributed by atoms with Crippen LogP contribution in [0.5, 0.6) is 0 Å². The Morgan fingerprint density at radius 1 is 0.147 bits per heavy atom. The maximum atomic E-state index is 5.22. The van der Waals surface area contributed by atoms with Gasteiger partial charge in [0.05, 0.1) is 82.9 Å². The van der Waals surface area contributed by atoms with Crippen LogP contribution in [0.1, 0.15) is 0 Å². The van der Waals surface area contributed by atoms with Crippen LogP contribution in [0.25, 0.3) is 267 Å². The summed E-state index contributed by atoms with van der Waals surface area (Å²) in [5.41, 5.74) is 36.3. The molecule has 0 spiro atoms. The predicted molar refractivity (Wildman–Crippen MR) is 617 cm³/mol. The van der Waals surface area contributed by atoms with Crippen LogP contribution in [0.3, 0.4) is 0 Å². The monoisotopic (exact) mass is 1920 g/mol. The number of hydrogen-bond donors (Lipinski definition) is 0. The van der Waals surface area contributed by atoms with Gasteiger partial charge in [0.2, 0.25) is 5.95 Å². The average molecular weight is 1920 g/mol. The van der Waals surface area contributed by atoms with Gasteiger partial charge in [-0.15, -0.1) is 0 Å². The molecule has 0 aliphatic rings. The minimum atomic E-state index is 0.577. The molecule has 11 heterocycles. The van der Waals surface area contributed by atoms with E-state index in [0.717, 1.165) is 177 Å². The summed E-state index contributed by atoms with van der Waals surface area (Å²) in [4.78, 5) is 39.7. The molecule has 11 aromatic heterocycles. The van der Waals surface area contributed by atoms with Crippen LogP contribution in [-0.4, -0.2) is 67.3 Å². The van der Waals surface area contributed by atoms with Crippen molar-refractivity contribution in [2.75, 3.05) is 0 Å². The van der Waals surface area contributed by atoms with E-state index in [4.69, 9.17) is 34.9 Å². The van der Waals surface area contributed by atoms with Crippen molar-refractivity contribution in [3.63, 3.8) is 0 Å². The highest BCUT2D eigenvalue weighted by atomic mass is 15.2. The predicted octanol–water partition coefficient (Wildman–Crippen LogP) is 33.8. The zero-order valence-corrected chi connectivity index (χ0v) is 81.1. The second-order valence-electron chi connectivity index (χ2n) is 37.8. The molecule has 0 unspecified atom stereocenters. The van der Waals surface area contributed by atoms with Crippen molar-refractivity contribution < 1.29 is 0 Å². The first-order valence-corrected chi connectivity index (χ1v) is 50.5. The molecule has 0 bridgehead atoms. The second kappa shape index (κ2) is 37.0. The van der Waals surface area contributed by atoms with E-state index in [-0.39, 0.29) is 0 Å². The largest absolute Gasteiger partial charge is 0.309 e. The molecular weight excluding hydrogens is 1830 g/mol. The van der Waals surface area contributed by atoms with Crippen molar-refractivity contribution in [3.05, 3.63) is 534 Å². The molecule has 19 aromatic carbocycles. The van der Waals surface area contributed by atoms with Gasteiger partial charge in [0.25, 0.3) is 0 Å². The summed E-state index contributed by atoms with van der Waals surface area (Å²) in [5, 5.41) is 11.7. The normalized spacial score (nSPS) is 11.6. The first-order chi connectivity index (χ1) is 74.4. The lowest BCUT2D eigenvalue weighted by atomic mass is 10.0. The van der Waals surface area contributed by atoms with Gasteiger partial charge < -0.3 is 18.3 Å². The van der Waals surface area contributed by atoms with Gasteiger partial charge in [-0.3, -0.25) is 24.1 Å². The van der Waals surface area contributed by atoms with Gasteiger partial charge in [-0.2, -0.15) is 9.97 Å². The number of rotatable bonds is 15. The average Bonchev–Trinajstić information content (AvgIpc) is 1.58. The van der Waals surface area contributed by atoms with E-state index in [0.29, 0.717) is 23.4 Å². The molecule has 14 heteroatoms. The quantitative estimate of drug-likeness (QED) is 0.0991. The molecule has 0 saturated carbocycles. The van der Waals surface area contributed by atoms with Crippen LogP contribution < -0.4 is 0 Å². The van der Waals surface area contributed by atoms with Crippen LogP contribution in [-0.2, 0) is 0 Å². The van der Waals surface area contributed by atoms with Crippen molar-refractivity contribution in [2.45, 2.75) is 0 Å². The summed E-state index contributed by atoms with van der Waals surface area (Å²) in [6, 6.07) is 180. The van der Waals surface area contributed by atoms with Crippen LogP contribution in [0, 0.1) is 0 Å². The van der Waals surface area contributed by atoms with Gasteiger partial charge in [0, 0.05) is 130 Å². The van der Waals surface area contributed by atoms with Gasteiger partial charge >= 0.3 is 0 Å². The Labute approximate surface area is 862 Å². The van der Waals surface area contributed by atoms with Gasteiger partial charge in [-0.05, 0) is 207 Å². The molecule has 30 aromatic rings. The summed E-state index contributed by atoms with van der Waals surface area (Å²) >= 11 is 0. The van der Waals surface area contributed by atoms with Gasteiger partial charge in [0.1, 0.15) is 5.82 Å². The Balaban J connectivity index is 0.000000108. The van der Waals surface area contributed by atoms with E-state index >= 15 is 0 Å². The van der Waals surface area contributed by atoms with Gasteiger partial charge in [-0.25, -0.2) is 15.0 Å². The van der Waals surface area contributed by atoms with E-state index in [2.05, 4.69) is 445 Å². The third-order valence-electron chi connectivity index (χ3n) is 29.0. The number of para-hydroxylation sites is 5. The third-order valence-corrected chi connectivity index (χ3v) is 29.0. The number of aromatic nitrogens is 14. The molecule has 0 fully saturated rings. The van der Waals surface area contributed by atoms with Crippen molar-refractivity contribution >= 4 is 131 Å². The minimum absolute atomic E-state index is 0.577. The Hall–Kier alpha value is -20.5. The highest BCUT2D eigenvalue weighted by molar-refractivity contribution is 6.16. The van der Waals surface area contributed by atoms with Crippen LogP contribution in [0.2, 0.25) is 0 Å². The molecule has 0 radical (unpaired) electrons. The van der Waals surface area contributed by atoms with E-state index in [9.17, 15) is 0 Å². The third kappa shape index (κ3) is 15.4. The fourth-order valence-electron chi connectivity index (χ4n) is 22.1. The molecule has 0 aliphatic heterocycles. The van der Waals surface area contributed by atoms with E-state index < -0.39 is 0 Å². The zero-order chi connectivity index (χ0) is 99.1. The molecule has 14 nitrogen and oxygen atoms in total. The fourth-order valence-corrected chi connectivity index (χ4v) is 22.1. The fraction of sp³-hybridized carbons (Fsp3) is 0. The molecular formula is C136H88N14. The maximum Gasteiger partial charge on any atom is 0.238 e. The van der Waals surface area contributed by atoms with Crippen molar-refractivity contribution in [1.29, 1.82) is 0 Å². The number of fused-ring (bicyclic) bond motifs is 18. The van der Waals surface area contributed by atoms with Gasteiger partial charge in [0.15, 0.2) is 17.5 Å². The second-order valence-corrected chi connectivity index (χ2v) is 37.8. The minimum Gasteiger partial charge on any atom is -0.309 e. The number of benzene rings is 19. The highest BCUT2D eigenvalue weighted by Gasteiger charge is 2.26. The number of nitrogens with zero attached hydrogens (tertiary/aromatic N) is 14. The molecule has 30 rings (SSSR count). The topological polar surface area (TPSA) is 133 Å². The summed E-state index contributed by atoms with van der Waals surface area (Å²) < 4.78 is 13.8. The van der Waals surface area contributed by atoms with Crippen LogP contribution in [0.4, 0.5) is 0 Å². The smallest absolute Gasteiger partial charge is 0.238 e. The summed E-state index contributed by atoms with van der Waals surface area (Å²) in [6.45, 7) is 0. The maximum absolute atomic E-state index is 5.22. The summed E-state index contributed by atoms with van der Waals surface area (Å²) in [7, 11) is 0. The Morgan fingerprint density at radius 2 is 0.460 bits per heavy atom. The van der Waals surface area contributed by atoms with E-state index in [1.165, 1.54) is 66.0 Å². The molecule has 0 N–H and O–H groups in total. The molecule has 702 valence electrons. The van der Waals surface area contributed by atoms with Crippen LogP contribution in [0.15, 0.2) is 534 Å². The lowest BCUT2D eigenvalue weighted by molar-refractivity contribution is 0.953. The molecule has 150 heavy (non-hydrogen) atoms. The first-order valence-electron chi connectivity index (χ1n) is 50.5. The Morgan fingerprint density at radius 3 is 0.953 bits per heavy atom. The number of pyridine rings is 3. The first kappa shape index (κ1) is 87.3. The molecule has 0 atom stereocenters. The van der Waals surface area contributed by atoms with Crippen molar-refractivity contribution in [1.82, 2.24) is 67.3 Å². The lowest BCUT2D eigenvalue weighted by Crippen LogP contribution is -2.06. The summed E-state index contributed by atoms with van der Waals surface area (Å²) in [5.74, 6) is 3.35. The standard InChI is InChI=1S/C47H31N3.C45H29N5.C44H28N6/c1-3-11-32(12-4-1)34-20-24-38(25-21-34)49-44-27-23-36(30-42(44)47-45(49)19-10-28-48-47)37-22-26-41-40-17-7-8-18-43(40)50(46(41)31-37)39-16-9-15-35(29-39)33-13-5-2-6-14-33;1-4-13-30(14-5-1)38-29-43(48-45(47-38)31-15-6-2-7-16-31)50-39-20-11-10-19-35(39)36-24-22-33(28-42(36)50)32-23-25-40-37(27-32)44-41(21-12-26-46-44)49(40)34-17-8-3-9-18-34;1-4-12-29(13-5-1)42-46-43(30-14-6-2-7-15-30)48-44(47-42)50-38-19-11-10-18-34(38)35-22-20-32(27-41(35)50)31-21-23-39-36(26-31)37-28-45-25-24-40(37)49(39)33-16-8-3-9-17-33/h1-31H;1-29H;1-28H. The molecule has 0 aliphatic carbocycles. The van der Waals surface area contributed by atoms with Crippen molar-refractivity contribution in [2.24, 2.45) is 0 Å². The lowest BCUT2D eigenvalue weighted by Gasteiger charge is -2.12. The van der Waals surface area contributed by atoms with E-state index in [1.807, 2.05) is 122 Å². The summed E-state index contributed by atoms with van der Waals surface area (Å²) in [6.07, 6.45) is 7.61. The Kier molecular flexibility index (Phi) is 21.6. The highest BCUT2D eigenvalue weighted by Crippen LogP contribution is 2.45. The zero-order valence-electron chi connectivity index (χ0n) is 81.1.